The number of unbranched alkanes of at least 4 members (excludes halogenated alkanes) is 6. The highest BCUT2D eigenvalue weighted by Gasteiger charge is 2.15. The molecule has 0 aliphatic heterocycles. The second-order valence-corrected chi connectivity index (χ2v) is 5.88. The first-order chi connectivity index (χ1) is 9.33. The minimum absolute atomic E-state index is 0.00996. The molecule has 1 radical (unpaired) electrons. The molecule has 0 atom stereocenters. The molecule has 0 saturated heterocycles. The van der Waals surface area contributed by atoms with Crippen LogP contribution < -0.4 is 0 Å². The fraction of sp³-hybridized carbons (Fsp3) is 0.882. The third-order valence-corrected chi connectivity index (χ3v) is 4.14. The molecule has 111 valence electrons. The smallest absolute Gasteiger partial charge is 0.305 e. The molecule has 19 heavy (non-hydrogen) atoms. The lowest BCUT2D eigenvalue weighted by Crippen LogP contribution is -2.08. The topological polar surface area (TPSA) is 26.3 Å². The molecular formula is C17H31O2. The predicted octanol–water partition coefficient (Wildman–Crippen LogP) is 5.06. The van der Waals surface area contributed by atoms with E-state index < -0.39 is 0 Å². The number of carbonyl (C=O) groups excluding carboxylic acids is 1. The Morgan fingerprint density at radius 1 is 1.00 bits per heavy atom. The lowest BCUT2D eigenvalue weighted by atomic mass is 10.1. The average molecular weight is 267 g/mol. The van der Waals surface area contributed by atoms with Crippen molar-refractivity contribution in [2.24, 2.45) is 5.92 Å². The van der Waals surface area contributed by atoms with Crippen molar-refractivity contribution in [3.8, 4) is 0 Å². The standard InChI is InChI=1S/C17H31O2/c1-2-3-4-5-6-7-8-13-17(18)19-15-14-16-11-9-10-12-16/h16H,1-15H2. The van der Waals surface area contributed by atoms with Gasteiger partial charge in [-0.3, -0.25) is 4.79 Å². The van der Waals surface area contributed by atoms with Gasteiger partial charge in [0.15, 0.2) is 0 Å². The normalized spacial score (nSPS) is 15.8. The first kappa shape index (κ1) is 16.5. The molecule has 0 unspecified atom stereocenters. The zero-order valence-corrected chi connectivity index (χ0v) is 12.5. The summed E-state index contributed by atoms with van der Waals surface area (Å²) in [6.07, 6.45) is 15.4. The monoisotopic (exact) mass is 267 g/mol. The lowest BCUT2D eigenvalue weighted by Gasteiger charge is -2.09. The molecule has 1 fully saturated rings. The first-order valence-corrected chi connectivity index (χ1v) is 8.28. The molecule has 1 rings (SSSR count). The molecule has 2 nitrogen and oxygen atoms in total. The van der Waals surface area contributed by atoms with Crippen LogP contribution in [-0.4, -0.2) is 12.6 Å². The Morgan fingerprint density at radius 2 is 1.63 bits per heavy atom. The van der Waals surface area contributed by atoms with Crippen LogP contribution in [0.4, 0.5) is 0 Å². The van der Waals surface area contributed by atoms with Crippen molar-refractivity contribution in [3.05, 3.63) is 6.92 Å². The molecule has 0 spiro atoms. The second kappa shape index (κ2) is 11.3. The van der Waals surface area contributed by atoms with E-state index in [2.05, 4.69) is 6.92 Å². The van der Waals surface area contributed by atoms with Gasteiger partial charge in [0, 0.05) is 6.42 Å². The van der Waals surface area contributed by atoms with Crippen LogP contribution in [0.5, 0.6) is 0 Å². The lowest BCUT2D eigenvalue weighted by molar-refractivity contribution is -0.144. The van der Waals surface area contributed by atoms with E-state index in [1.165, 1.54) is 51.4 Å². The SMILES string of the molecule is [CH2]CCCCCCCCC(=O)OCCC1CCCC1. The Hall–Kier alpha value is -0.530. The third kappa shape index (κ3) is 9.07. The van der Waals surface area contributed by atoms with Crippen LogP contribution in [0.1, 0.15) is 83.5 Å². The first-order valence-electron chi connectivity index (χ1n) is 8.28. The Balaban J connectivity index is 1.82. The molecule has 0 aromatic carbocycles. The molecule has 2 heteroatoms. The summed E-state index contributed by atoms with van der Waals surface area (Å²) in [6, 6.07) is 0. The number of esters is 1. The van der Waals surface area contributed by atoms with Gasteiger partial charge < -0.3 is 4.74 Å². The molecule has 0 aromatic rings. The van der Waals surface area contributed by atoms with Crippen LogP contribution >= 0.6 is 0 Å². The van der Waals surface area contributed by atoms with E-state index in [1.807, 2.05) is 0 Å². The van der Waals surface area contributed by atoms with Crippen molar-refractivity contribution < 1.29 is 9.53 Å². The van der Waals surface area contributed by atoms with E-state index in [9.17, 15) is 4.79 Å². The second-order valence-electron chi connectivity index (χ2n) is 5.88. The number of hydrogen-bond donors (Lipinski definition) is 0. The third-order valence-electron chi connectivity index (χ3n) is 4.14. The predicted molar refractivity (Wildman–Crippen MR) is 79.8 cm³/mol. The van der Waals surface area contributed by atoms with Gasteiger partial charge in [-0.1, -0.05) is 71.1 Å². The highest BCUT2D eigenvalue weighted by molar-refractivity contribution is 5.69. The molecule has 1 aliphatic rings. The molecule has 0 bridgehead atoms. The van der Waals surface area contributed by atoms with Crippen LogP contribution in [-0.2, 0) is 9.53 Å². The molecule has 0 aromatic heterocycles. The summed E-state index contributed by atoms with van der Waals surface area (Å²) in [7, 11) is 0. The minimum atomic E-state index is 0.00996. The Morgan fingerprint density at radius 3 is 2.32 bits per heavy atom. The van der Waals surface area contributed by atoms with E-state index in [-0.39, 0.29) is 5.97 Å². The van der Waals surface area contributed by atoms with Gasteiger partial charge >= 0.3 is 5.97 Å². The summed E-state index contributed by atoms with van der Waals surface area (Å²) < 4.78 is 5.30. The maximum atomic E-state index is 11.5. The van der Waals surface area contributed by atoms with Crippen molar-refractivity contribution in [3.63, 3.8) is 0 Å². The molecule has 1 saturated carbocycles. The maximum absolute atomic E-state index is 11.5. The van der Waals surface area contributed by atoms with E-state index in [0.29, 0.717) is 13.0 Å². The van der Waals surface area contributed by atoms with Crippen molar-refractivity contribution in [2.45, 2.75) is 83.5 Å². The molecule has 1 aliphatic carbocycles. The van der Waals surface area contributed by atoms with E-state index >= 15 is 0 Å². The summed E-state index contributed by atoms with van der Waals surface area (Å²) in [6.45, 7) is 4.48. The number of carbonyl (C=O) groups is 1. The Kier molecular flexibility index (Phi) is 9.84. The zero-order chi connectivity index (χ0) is 13.8. The number of hydrogen-bond acceptors (Lipinski definition) is 2. The zero-order valence-electron chi connectivity index (χ0n) is 12.5. The molecule has 0 N–H and O–H groups in total. The van der Waals surface area contributed by atoms with Gasteiger partial charge in [-0.2, -0.15) is 0 Å². The molecular weight excluding hydrogens is 236 g/mol. The van der Waals surface area contributed by atoms with Gasteiger partial charge in [-0.05, 0) is 18.8 Å². The summed E-state index contributed by atoms with van der Waals surface area (Å²) >= 11 is 0. The van der Waals surface area contributed by atoms with Gasteiger partial charge in [0.2, 0.25) is 0 Å². The van der Waals surface area contributed by atoms with Gasteiger partial charge in [0.1, 0.15) is 0 Å². The van der Waals surface area contributed by atoms with Crippen LogP contribution in [0.25, 0.3) is 0 Å². The summed E-state index contributed by atoms with van der Waals surface area (Å²) in [5.74, 6) is 0.830. The van der Waals surface area contributed by atoms with Gasteiger partial charge in [0.25, 0.3) is 0 Å². The van der Waals surface area contributed by atoms with Crippen LogP contribution in [0, 0.1) is 12.8 Å². The summed E-state index contributed by atoms with van der Waals surface area (Å²) in [5.41, 5.74) is 0. The maximum Gasteiger partial charge on any atom is 0.305 e. The molecule has 0 heterocycles. The fourth-order valence-corrected chi connectivity index (χ4v) is 2.86. The fourth-order valence-electron chi connectivity index (χ4n) is 2.86. The van der Waals surface area contributed by atoms with Crippen molar-refractivity contribution in [2.75, 3.05) is 6.61 Å². The Bertz CT molecular complexity index is 219. The highest BCUT2D eigenvalue weighted by Crippen LogP contribution is 2.27. The largest absolute Gasteiger partial charge is 0.466 e. The number of rotatable bonds is 11. The van der Waals surface area contributed by atoms with Crippen LogP contribution in [0.15, 0.2) is 0 Å². The van der Waals surface area contributed by atoms with Gasteiger partial charge in [0.05, 0.1) is 6.61 Å². The Labute approximate surface area is 119 Å². The van der Waals surface area contributed by atoms with Crippen molar-refractivity contribution in [1.29, 1.82) is 0 Å². The van der Waals surface area contributed by atoms with Gasteiger partial charge in [-0.15, -0.1) is 0 Å². The average Bonchev–Trinajstić information content (AvgIpc) is 2.91. The van der Waals surface area contributed by atoms with Crippen molar-refractivity contribution in [1.82, 2.24) is 0 Å². The van der Waals surface area contributed by atoms with Crippen LogP contribution in [0.3, 0.4) is 0 Å². The number of ether oxygens (including phenoxy) is 1. The minimum Gasteiger partial charge on any atom is -0.466 e. The van der Waals surface area contributed by atoms with Crippen LogP contribution in [0.2, 0.25) is 0 Å². The summed E-state index contributed by atoms with van der Waals surface area (Å²) in [4.78, 5) is 11.5. The van der Waals surface area contributed by atoms with Crippen molar-refractivity contribution >= 4 is 5.97 Å². The summed E-state index contributed by atoms with van der Waals surface area (Å²) in [5, 5.41) is 0. The highest BCUT2D eigenvalue weighted by atomic mass is 16.5. The molecule has 0 amide bonds. The van der Waals surface area contributed by atoms with Gasteiger partial charge in [-0.25, -0.2) is 0 Å². The van der Waals surface area contributed by atoms with E-state index in [0.717, 1.165) is 31.6 Å². The van der Waals surface area contributed by atoms with E-state index in [1.54, 1.807) is 0 Å². The quantitative estimate of drug-likeness (QED) is 0.386. The van der Waals surface area contributed by atoms with E-state index in [4.69, 9.17) is 4.74 Å².